The van der Waals surface area contributed by atoms with Crippen LogP contribution >= 0.6 is 35.7 Å². The summed E-state index contributed by atoms with van der Waals surface area (Å²) in [5, 5.41) is 4.12. The molecule has 0 spiro atoms. The maximum Gasteiger partial charge on any atom is 0.213 e. The number of hydrogen-bond acceptors (Lipinski definition) is 5. The van der Waals surface area contributed by atoms with E-state index >= 15 is 0 Å². The third-order valence-electron chi connectivity index (χ3n) is 3.97. The Kier molecular flexibility index (Phi) is 12.0. The van der Waals surface area contributed by atoms with Crippen LogP contribution in [0.4, 0.5) is 0 Å². The van der Waals surface area contributed by atoms with Crippen molar-refractivity contribution < 1.29 is 9.47 Å². The van der Waals surface area contributed by atoms with E-state index < -0.39 is 0 Å². The van der Waals surface area contributed by atoms with Crippen molar-refractivity contribution in [2.45, 2.75) is 32.1 Å². The average Bonchev–Trinajstić information content (AvgIpc) is 2.66. The lowest BCUT2D eigenvalue weighted by Crippen LogP contribution is -2.48. The van der Waals surface area contributed by atoms with Crippen molar-refractivity contribution in [1.82, 2.24) is 15.2 Å². The van der Waals surface area contributed by atoms with Gasteiger partial charge in [0.2, 0.25) is 5.88 Å². The van der Waals surface area contributed by atoms with E-state index in [0.717, 1.165) is 36.9 Å². The van der Waals surface area contributed by atoms with Crippen LogP contribution in [-0.4, -0.2) is 66.8 Å². The summed E-state index contributed by atoms with van der Waals surface area (Å²) in [4.78, 5) is 11.5. The van der Waals surface area contributed by atoms with Gasteiger partial charge in [-0.1, -0.05) is 13.0 Å². The van der Waals surface area contributed by atoms with Crippen LogP contribution in [0.3, 0.4) is 0 Å². The molecule has 1 aliphatic rings. The van der Waals surface area contributed by atoms with Gasteiger partial charge in [-0.05, 0) is 18.9 Å². The van der Waals surface area contributed by atoms with Gasteiger partial charge >= 0.3 is 0 Å². The number of ether oxygens (including phenoxy) is 2. The smallest absolute Gasteiger partial charge is 0.213 e. The SMILES string of the molecule is CCNC(=NCc1ccc(OCCOC)nc1)N1CCSC(CC)C1.I. The number of nitrogens with zero attached hydrogens (tertiary/aromatic N) is 3. The van der Waals surface area contributed by atoms with Gasteiger partial charge in [-0.3, -0.25) is 0 Å². The second kappa shape index (κ2) is 13.4. The van der Waals surface area contributed by atoms with Crippen molar-refractivity contribution in [2.24, 2.45) is 4.99 Å². The number of aromatic nitrogens is 1. The standard InChI is InChI=1S/C18H30N4O2S.HI/c1-4-16-14-22(8-11-25-16)18(19-5-2)21-13-15-6-7-17(20-12-15)24-10-9-23-3;/h6-7,12,16H,4-5,8-11,13-14H2,1-3H3,(H,19,21);1H. The molecule has 1 unspecified atom stereocenters. The highest BCUT2D eigenvalue weighted by Gasteiger charge is 2.21. The molecule has 2 rings (SSSR count). The Bertz CT molecular complexity index is 530. The number of halogens is 1. The van der Waals surface area contributed by atoms with Crippen LogP contribution in [0.25, 0.3) is 0 Å². The Hall–Kier alpha value is -0.740. The average molecular weight is 494 g/mol. The van der Waals surface area contributed by atoms with E-state index in [-0.39, 0.29) is 24.0 Å². The Morgan fingerprint density at radius 3 is 2.88 bits per heavy atom. The summed E-state index contributed by atoms with van der Waals surface area (Å²) in [5.74, 6) is 2.79. The predicted octanol–water partition coefficient (Wildman–Crippen LogP) is 3.02. The van der Waals surface area contributed by atoms with Crippen molar-refractivity contribution in [3.8, 4) is 5.88 Å². The van der Waals surface area contributed by atoms with Crippen LogP contribution in [0.15, 0.2) is 23.3 Å². The van der Waals surface area contributed by atoms with Gasteiger partial charge in [0.25, 0.3) is 0 Å². The Morgan fingerprint density at radius 1 is 1.38 bits per heavy atom. The number of methoxy groups -OCH3 is 1. The maximum absolute atomic E-state index is 5.49. The molecule has 0 aromatic carbocycles. The van der Waals surface area contributed by atoms with E-state index in [1.165, 1.54) is 6.42 Å². The Balaban J connectivity index is 0.00000338. The molecule has 1 aromatic heterocycles. The van der Waals surface area contributed by atoms with Crippen LogP contribution in [0.5, 0.6) is 5.88 Å². The fourth-order valence-corrected chi connectivity index (χ4v) is 3.75. The van der Waals surface area contributed by atoms with Crippen LogP contribution in [0, 0.1) is 0 Å². The Morgan fingerprint density at radius 2 is 2.23 bits per heavy atom. The molecule has 0 aliphatic carbocycles. The minimum Gasteiger partial charge on any atom is -0.475 e. The van der Waals surface area contributed by atoms with Crippen LogP contribution in [-0.2, 0) is 11.3 Å². The molecule has 0 amide bonds. The number of hydrogen-bond donors (Lipinski definition) is 1. The first-order chi connectivity index (χ1) is 12.3. The van der Waals surface area contributed by atoms with Gasteiger partial charge in [0, 0.05) is 50.0 Å². The van der Waals surface area contributed by atoms with Crippen LogP contribution in [0.1, 0.15) is 25.8 Å². The number of rotatable bonds is 8. The van der Waals surface area contributed by atoms with Crippen LogP contribution in [0.2, 0.25) is 0 Å². The molecule has 1 atom stereocenters. The van der Waals surface area contributed by atoms with Gasteiger partial charge in [0.15, 0.2) is 5.96 Å². The lowest BCUT2D eigenvalue weighted by molar-refractivity contribution is 0.143. The molecule has 1 aliphatic heterocycles. The Labute approximate surface area is 178 Å². The molecule has 1 fully saturated rings. The first-order valence-corrected chi connectivity index (χ1v) is 10.0. The fourth-order valence-electron chi connectivity index (χ4n) is 2.57. The van der Waals surface area contributed by atoms with E-state index in [0.29, 0.717) is 30.9 Å². The van der Waals surface area contributed by atoms with Gasteiger partial charge in [0.05, 0.1) is 13.2 Å². The highest BCUT2D eigenvalue weighted by molar-refractivity contribution is 14.0. The molecule has 0 bridgehead atoms. The van der Waals surface area contributed by atoms with Crippen molar-refractivity contribution >= 4 is 41.7 Å². The molecule has 2 heterocycles. The van der Waals surface area contributed by atoms with E-state index in [1.807, 2.05) is 18.3 Å². The van der Waals surface area contributed by atoms with Crippen molar-refractivity contribution in [3.63, 3.8) is 0 Å². The molecule has 6 nitrogen and oxygen atoms in total. The zero-order valence-corrected chi connectivity index (χ0v) is 19.1. The first-order valence-electron chi connectivity index (χ1n) is 8.98. The maximum atomic E-state index is 5.49. The van der Waals surface area contributed by atoms with E-state index in [2.05, 4.69) is 40.8 Å². The molecule has 26 heavy (non-hydrogen) atoms. The fraction of sp³-hybridized carbons (Fsp3) is 0.667. The predicted molar refractivity (Wildman–Crippen MR) is 120 cm³/mol. The van der Waals surface area contributed by atoms with Crippen molar-refractivity contribution in [1.29, 1.82) is 0 Å². The van der Waals surface area contributed by atoms with Gasteiger partial charge in [-0.15, -0.1) is 24.0 Å². The lowest BCUT2D eigenvalue weighted by atomic mass is 10.3. The minimum absolute atomic E-state index is 0. The van der Waals surface area contributed by atoms with Gasteiger partial charge in [-0.2, -0.15) is 11.8 Å². The monoisotopic (exact) mass is 494 g/mol. The third kappa shape index (κ3) is 7.87. The van der Waals surface area contributed by atoms with Crippen LogP contribution < -0.4 is 10.1 Å². The van der Waals surface area contributed by atoms with E-state index in [1.54, 1.807) is 7.11 Å². The summed E-state index contributed by atoms with van der Waals surface area (Å²) in [6.45, 7) is 9.06. The molecular formula is C18H31IN4O2S. The zero-order valence-electron chi connectivity index (χ0n) is 15.9. The second-order valence-corrected chi connectivity index (χ2v) is 7.27. The number of thioether (sulfide) groups is 1. The van der Waals surface area contributed by atoms with Gasteiger partial charge < -0.3 is 19.7 Å². The molecule has 8 heteroatoms. The summed E-state index contributed by atoms with van der Waals surface area (Å²) in [6, 6.07) is 3.90. The largest absolute Gasteiger partial charge is 0.475 e. The van der Waals surface area contributed by atoms with Gasteiger partial charge in [0.1, 0.15) is 6.61 Å². The molecule has 148 valence electrons. The van der Waals surface area contributed by atoms with E-state index in [4.69, 9.17) is 14.5 Å². The normalized spacial score (nSPS) is 17.6. The second-order valence-electron chi connectivity index (χ2n) is 5.86. The third-order valence-corrected chi connectivity index (χ3v) is 5.35. The number of pyridine rings is 1. The molecule has 0 saturated carbocycles. The molecule has 1 aromatic rings. The number of guanidine groups is 1. The quantitative estimate of drug-likeness (QED) is 0.260. The summed E-state index contributed by atoms with van der Waals surface area (Å²) in [6.07, 6.45) is 3.03. The highest BCUT2D eigenvalue weighted by atomic mass is 127. The molecular weight excluding hydrogens is 463 g/mol. The zero-order chi connectivity index (χ0) is 17.9. The van der Waals surface area contributed by atoms with Crippen molar-refractivity contribution in [2.75, 3.05) is 45.7 Å². The van der Waals surface area contributed by atoms with E-state index in [9.17, 15) is 0 Å². The summed E-state index contributed by atoms with van der Waals surface area (Å²) >= 11 is 2.07. The molecule has 1 N–H and O–H groups in total. The topological polar surface area (TPSA) is 59.0 Å². The lowest BCUT2D eigenvalue weighted by Gasteiger charge is -2.34. The van der Waals surface area contributed by atoms with Crippen molar-refractivity contribution in [3.05, 3.63) is 23.9 Å². The van der Waals surface area contributed by atoms with Gasteiger partial charge in [-0.25, -0.2) is 9.98 Å². The summed E-state index contributed by atoms with van der Waals surface area (Å²) < 4.78 is 10.5. The molecule has 0 radical (unpaired) electrons. The first kappa shape index (κ1) is 23.3. The summed E-state index contributed by atoms with van der Waals surface area (Å²) in [7, 11) is 1.66. The molecule has 1 saturated heterocycles. The number of aliphatic imine (C=N–C) groups is 1. The highest BCUT2D eigenvalue weighted by Crippen LogP contribution is 2.21. The number of nitrogens with one attached hydrogen (secondary N) is 1. The minimum atomic E-state index is 0. The summed E-state index contributed by atoms with van der Waals surface area (Å²) in [5.41, 5.74) is 1.08.